The molecule has 10 heavy (non-hydrogen) atoms. The molecule has 1 radical (unpaired) electrons. The van der Waals surface area contributed by atoms with Crippen LogP contribution in [0.2, 0.25) is 0 Å². The van der Waals surface area contributed by atoms with E-state index in [9.17, 15) is 0 Å². The molecule has 0 aliphatic carbocycles. The Kier molecular flexibility index (Phi) is 1.46. The van der Waals surface area contributed by atoms with E-state index in [2.05, 4.69) is 16.4 Å². The minimum Gasteiger partial charge on any atom is -0.287 e. The van der Waals surface area contributed by atoms with Gasteiger partial charge >= 0.3 is 0 Å². The van der Waals surface area contributed by atoms with Crippen LogP contribution in [-0.4, -0.2) is 18.8 Å². The van der Waals surface area contributed by atoms with Crippen molar-refractivity contribution >= 4 is 5.71 Å². The van der Waals surface area contributed by atoms with Crippen molar-refractivity contribution in [3.63, 3.8) is 0 Å². The van der Waals surface area contributed by atoms with Crippen molar-refractivity contribution in [3.8, 4) is 0 Å². The summed E-state index contributed by atoms with van der Waals surface area (Å²) in [5.74, 6) is 0. The SMILES string of the molecule is C1=C2[N]CCCC2=NCC1. The van der Waals surface area contributed by atoms with E-state index in [4.69, 9.17) is 0 Å². The van der Waals surface area contributed by atoms with Gasteiger partial charge in [-0.3, -0.25) is 10.3 Å². The summed E-state index contributed by atoms with van der Waals surface area (Å²) in [5, 5.41) is 4.38. The van der Waals surface area contributed by atoms with Gasteiger partial charge in [0, 0.05) is 13.1 Å². The Hall–Kier alpha value is -0.790. The summed E-state index contributed by atoms with van der Waals surface area (Å²) in [6, 6.07) is 0. The molecule has 0 N–H and O–H groups in total. The number of hydrogen-bond donors (Lipinski definition) is 0. The van der Waals surface area contributed by atoms with Crippen molar-refractivity contribution in [1.82, 2.24) is 5.32 Å². The normalized spacial score (nSPS) is 24.0. The van der Waals surface area contributed by atoms with Crippen LogP contribution >= 0.6 is 0 Å². The molecule has 2 heterocycles. The maximum atomic E-state index is 4.41. The largest absolute Gasteiger partial charge is 0.287 e. The molecule has 1 fully saturated rings. The molecule has 0 spiro atoms. The van der Waals surface area contributed by atoms with Gasteiger partial charge < -0.3 is 0 Å². The molecule has 0 saturated carbocycles. The number of aliphatic imine (C=N–C) groups is 1. The first-order chi connectivity index (χ1) is 4.97. The highest BCUT2D eigenvalue weighted by molar-refractivity contribution is 6.00. The summed E-state index contributed by atoms with van der Waals surface area (Å²) >= 11 is 0. The van der Waals surface area contributed by atoms with Crippen LogP contribution in [0.3, 0.4) is 0 Å². The average molecular weight is 135 g/mol. The fourth-order valence-corrected chi connectivity index (χ4v) is 1.41. The van der Waals surface area contributed by atoms with Gasteiger partial charge in [-0.05, 0) is 19.3 Å². The molecular weight excluding hydrogens is 124 g/mol. The van der Waals surface area contributed by atoms with Crippen LogP contribution < -0.4 is 5.32 Å². The highest BCUT2D eigenvalue weighted by Crippen LogP contribution is 2.14. The van der Waals surface area contributed by atoms with Gasteiger partial charge in [0.2, 0.25) is 0 Å². The summed E-state index contributed by atoms with van der Waals surface area (Å²) < 4.78 is 0. The van der Waals surface area contributed by atoms with Crippen molar-refractivity contribution in [3.05, 3.63) is 11.8 Å². The predicted octanol–water partition coefficient (Wildman–Crippen LogP) is 1.11. The van der Waals surface area contributed by atoms with Gasteiger partial charge in [-0.1, -0.05) is 6.08 Å². The Morgan fingerprint density at radius 3 is 3.20 bits per heavy atom. The maximum Gasteiger partial charge on any atom is 0.0745 e. The smallest absolute Gasteiger partial charge is 0.0745 e. The van der Waals surface area contributed by atoms with Crippen LogP contribution in [0.5, 0.6) is 0 Å². The maximum absolute atomic E-state index is 4.41. The van der Waals surface area contributed by atoms with E-state index in [1.54, 1.807) is 0 Å². The zero-order valence-electron chi connectivity index (χ0n) is 6.01. The van der Waals surface area contributed by atoms with Crippen molar-refractivity contribution < 1.29 is 0 Å². The third-order valence-electron chi connectivity index (χ3n) is 1.92. The molecule has 2 rings (SSSR count). The fourth-order valence-electron chi connectivity index (χ4n) is 1.41. The number of dihydropyridines is 1. The van der Waals surface area contributed by atoms with E-state index in [-0.39, 0.29) is 0 Å². The topological polar surface area (TPSA) is 26.5 Å². The highest BCUT2D eigenvalue weighted by Gasteiger charge is 2.14. The molecule has 0 aromatic heterocycles. The molecule has 0 unspecified atom stereocenters. The zero-order chi connectivity index (χ0) is 6.81. The Bertz CT molecular complexity index is 169. The lowest BCUT2D eigenvalue weighted by Crippen LogP contribution is -2.24. The second-order valence-electron chi connectivity index (χ2n) is 2.69. The first-order valence-corrected chi connectivity index (χ1v) is 3.88. The van der Waals surface area contributed by atoms with E-state index in [0.29, 0.717) is 0 Å². The van der Waals surface area contributed by atoms with Gasteiger partial charge in [0.05, 0.1) is 11.4 Å². The van der Waals surface area contributed by atoms with E-state index in [1.807, 2.05) is 0 Å². The van der Waals surface area contributed by atoms with E-state index in [1.165, 1.54) is 17.8 Å². The van der Waals surface area contributed by atoms with E-state index >= 15 is 0 Å². The Morgan fingerprint density at radius 1 is 1.30 bits per heavy atom. The summed E-state index contributed by atoms with van der Waals surface area (Å²) in [6.45, 7) is 1.99. The molecule has 0 aromatic carbocycles. The summed E-state index contributed by atoms with van der Waals surface area (Å²) in [6.07, 6.45) is 5.63. The molecule has 2 nitrogen and oxygen atoms in total. The molecule has 2 aliphatic heterocycles. The lowest BCUT2D eigenvalue weighted by molar-refractivity contribution is 0.697. The molecular formula is C8H11N2. The van der Waals surface area contributed by atoms with Gasteiger partial charge in [0.15, 0.2) is 0 Å². The minimum atomic E-state index is 0.981. The lowest BCUT2D eigenvalue weighted by atomic mass is 10.0. The van der Waals surface area contributed by atoms with Crippen molar-refractivity contribution in [2.75, 3.05) is 13.1 Å². The Balaban J connectivity index is 2.19. The number of rotatable bonds is 0. The van der Waals surface area contributed by atoms with Crippen LogP contribution in [0.1, 0.15) is 19.3 Å². The van der Waals surface area contributed by atoms with Gasteiger partial charge in [-0.25, -0.2) is 0 Å². The molecule has 0 atom stereocenters. The summed E-state index contributed by atoms with van der Waals surface area (Å²) in [4.78, 5) is 4.41. The van der Waals surface area contributed by atoms with Gasteiger partial charge in [-0.15, -0.1) is 0 Å². The molecule has 53 valence electrons. The number of nitrogens with zero attached hydrogens (tertiary/aromatic N) is 2. The summed E-state index contributed by atoms with van der Waals surface area (Å²) in [5.41, 5.74) is 2.43. The lowest BCUT2D eigenvalue weighted by Gasteiger charge is -2.19. The van der Waals surface area contributed by atoms with Gasteiger partial charge in [-0.2, -0.15) is 0 Å². The van der Waals surface area contributed by atoms with Crippen LogP contribution in [0.15, 0.2) is 16.8 Å². The highest BCUT2D eigenvalue weighted by atomic mass is 14.9. The van der Waals surface area contributed by atoms with Gasteiger partial charge in [0.25, 0.3) is 0 Å². The third kappa shape index (κ3) is 0.939. The monoisotopic (exact) mass is 135 g/mol. The number of fused-ring (bicyclic) bond motifs is 1. The first kappa shape index (κ1) is 5.96. The number of hydrogen-bond acceptors (Lipinski definition) is 1. The van der Waals surface area contributed by atoms with Crippen LogP contribution in [0.25, 0.3) is 0 Å². The molecule has 2 aliphatic rings. The predicted molar refractivity (Wildman–Crippen MR) is 41.2 cm³/mol. The quantitative estimate of drug-likeness (QED) is 0.476. The van der Waals surface area contributed by atoms with Crippen molar-refractivity contribution in [2.24, 2.45) is 4.99 Å². The average Bonchev–Trinajstić information content (AvgIpc) is 2.05. The van der Waals surface area contributed by atoms with E-state index in [0.717, 1.165) is 25.9 Å². The third-order valence-corrected chi connectivity index (χ3v) is 1.92. The Morgan fingerprint density at radius 2 is 2.30 bits per heavy atom. The minimum absolute atomic E-state index is 0.981. The summed E-state index contributed by atoms with van der Waals surface area (Å²) in [7, 11) is 0. The fraction of sp³-hybridized carbons (Fsp3) is 0.625. The van der Waals surface area contributed by atoms with Gasteiger partial charge in [0.1, 0.15) is 0 Å². The zero-order valence-corrected chi connectivity index (χ0v) is 6.01. The van der Waals surface area contributed by atoms with Crippen LogP contribution in [0.4, 0.5) is 0 Å². The van der Waals surface area contributed by atoms with Crippen LogP contribution in [0, 0.1) is 0 Å². The first-order valence-electron chi connectivity index (χ1n) is 3.88. The molecule has 0 amide bonds. The van der Waals surface area contributed by atoms with E-state index < -0.39 is 0 Å². The molecule has 1 saturated heterocycles. The van der Waals surface area contributed by atoms with Crippen molar-refractivity contribution in [2.45, 2.75) is 19.3 Å². The van der Waals surface area contributed by atoms with Crippen LogP contribution in [-0.2, 0) is 0 Å². The number of piperidine rings is 1. The number of allylic oxidation sites excluding steroid dienone is 1. The second kappa shape index (κ2) is 2.45. The molecule has 0 aromatic rings. The second-order valence-corrected chi connectivity index (χ2v) is 2.69. The van der Waals surface area contributed by atoms with Crippen molar-refractivity contribution in [1.29, 1.82) is 0 Å². The molecule has 0 bridgehead atoms. The molecule has 2 heteroatoms. The Labute approximate surface area is 61.0 Å². The standard InChI is InChI=1S/C8H11N2/c1-3-7-8(9-5-1)4-2-6-10-7/h3H,1-2,4-6H2.